The molecule has 1 aliphatic heterocycles. The summed E-state index contributed by atoms with van der Waals surface area (Å²) in [5.74, 6) is 0. The van der Waals surface area contributed by atoms with Crippen molar-refractivity contribution >= 4 is 5.69 Å². The third kappa shape index (κ3) is 3.60. The molecule has 1 fully saturated rings. The summed E-state index contributed by atoms with van der Waals surface area (Å²) >= 11 is 0. The van der Waals surface area contributed by atoms with Crippen LogP contribution in [0.5, 0.6) is 0 Å². The zero-order valence-electron chi connectivity index (χ0n) is 13.9. The van der Waals surface area contributed by atoms with Gasteiger partial charge in [0.15, 0.2) is 0 Å². The van der Waals surface area contributed by atoms with E-state index in [4.69, 9.17) is 0 Å². The van der Waals surface area contributed by atoms with Gasteiger partial charge in [0.1, 0.15) is 0 Å². The highest BCUT2D eigenvalue weighted by Gasteiger charge is 2.26. The van der Waals surface area contributed by atoms with E-state index >= 15 is 0 Å². The van der Waals surface area contributed by atoms with E-state index in [0.29, 0.717) is 5.41 Å². The van der Waals surface area contributed by atoms with Crippen LogP contribution < -0.4 is 10.2 Å². The predicted molar refractivity (Wildman–Crippen MR) is 90.9 cm³/mol. The van der Waals surface area contributed by atoms with Crippen LogP contribution in [0.3, 0.4) is 0 Å². The van der Waals surface area contributed by atoms with E-state index in [-0.39, 0.29) is 0 Å². The number of nitrogens with zero attached hydrogens (tertiary/aromatic N) is 1. The highest BCUT2D eigenvalue weighted by atomic mass is 15.1. The Kier molecular flexibility index (Phi) is 4.26. The largest absolute Gasteiger partial charge is 0.374 e. The first kappa shape index (κ1) is 14.9. The molecule has 116 valence electrons. The summed E-state index contributed by atoms with van der Waals surface area (Å²) in [7, 11) is 2.21. The van der Waals surface area contributed by atoms with Crippen LogP contribution >= 0.6 is 0 Å². The number of anilines is 1. The van der Waals surface area contributed by atoms with Gasteiger partial charge in [-0.3, -0.25) is 0 Å². The molecule has 2 nitrogen and oxygen atoms in total. The molecule has 2 heteroatoms. The number of aryl methyl sites for hydroxylation is 1. The van der Waals surface area contributed by atoms with Gasteiger partial charge >= 0.3 is 0 Å². The van der Waals surface area contributed by atoms with Gasteiger partial charge in [-0.15, -0.1) is 0 Å². The van der Waals surface area contributed by atoms with E-state index < -0.39 is 0 Å². The topological polar surface area (TPSA) is 15.3 Å². The van der Waals surface area contributed by atoms with E-state index in [9.17, 15) is 0 Å². The van der Waals surface area contributed by atoms with Gasteiger partial charge in [-0.25, -0.2) is 0 Å². The van der Waals surface area contributed by atoms with Crippen molar-refractivity contribution in [3.63, 3.8) is 0 Å². The van der Waals surface area contributed by atoms with Crippen molar-refractivity contribution in [3.05, 3.63) is 29.3 Å². The third-order valence-corrected chi connectivity index (χ3v) is 5.43. The summed E-state index contributed by atoms with van der Waals surface area (Å²) in [6, 6.07) is 7.76. The van der Waals surface area contributed by atoms with Crippen LogP contribution in [0.1, 0.15) is 57.1 Å². The van der Waals surface area contributed by atoms with Crippen molar-refractivity contribution in [2.24, 2.45) is 5.41 Å². The molecule has 0 amide bonds. The zero-order valence-corrected chi connectivity index (χ0v) is 13.9. The van der Waals surface area contributed by atoms with Crippen LogP contribution in [0.4, 0.5) is 5.69 Å². The Morgan fingerprint density at radius 3 is 2.76 bits per heavy atom. The lowest BCUT2D eigenvalue weighted by molar-refractivity contribution is 0.206. The van der Waals surface area contributed by atoms with E-state index in [0.717, 1.165) is 12.6 Å². The average Bonchev–Trinajstić information content (AvgIpc) is 2.46. The van der Waals surface area contributed by atoms with Crippen LogP contribution in [0.15, 0.2) is 18.2 Å². The molecule has 1 saturated carbocycles. The fraction of sp³-hybridized carbons (Fsp3) is 0.684. The fourth-order valence-corrected chi connectivity index (χ4v) is 3.81. The molecule has 2 aliphatic rings. The van der Waals surface area contributed by atoms with Gasteiger partial charge in [0.25, 0.3) is 0 Å². The second kappa shape index (κ2) is 6.00. The first-order valence-corrected chi connectivity index (χ1v) is 8.60. The average molecular weight is 286 g/mol. The highest BCUT2D eigenvalue weighted by molar-refractivity contribution is 5.56. The van der Waals surface area contributed by atoms with Crippen molar-refractivity contribution in [2.75, 3.05) is 18.5 Å². The molecule has 1 aliphatic carbocycles. The SMILES string of the molecule is CN1CCCc2cc(CNC3CCC(C)(C)CC3)ccc21. The summed E-state index contributed by atoms with van der Waals surface area (Å²) in [6.45, 7) is 7.04. The smallest absolute Gasteiger partial charge is 0.0396 e. The third-order valence-electron chi connectivity index (χ3n) is 5.43. The Hall–Kier alpha value is -1.02. The van der Waals surface area contributed by atoms with Crippen molar-refractivity contribution in [1.29, 1.82) is 0 Å². The lowest BCUT2D eigenvalue weighted by Gasteiger charge is -2.35. The Labute approximate surface area is 129 Å². The first-order chi connectivity index (χ1) is 10.0. The van der Waals surface area contributed by atoms with E-state index in [1.54, 1.807) is 0 Å². The van der Waals surface area contributed by atoms with Crippen LogP contribution in [0.2, 0.25) is 0 Å². The lowest BCUT2D eigenvalue weighted by atomic mass is 9.75. The first-order valence-electron chi connectivity index (χ1n) is 8.60. The monoisotopic (exact) mass is 286 g/mol. The van der Waals surface area contributed by atoms with Gasteiger partial charge in [-0.2, -0.15) is 0 Å². The Balaban J connectivity index is 1.56. The molecule has 0 spiro atoms. The van der Waals surface area contributed by atoms with Gasteiger partial charge in [0.05, 0.1) is 0 Å². The van der Waals surface area contributed by atoms with Crippen LogP contribution in [-0.2, 0) is 13.0 Å². The van der Waals surface area contributed by atoms with Crippen LogP contribution in [-0.4, -0.2) is 19.6 Å². The van der Waals surface area contributed by atoms with E-state index in [1.165, 1.54) is 61.9 Å². The molecule has 1 aromatic carbocycles. The van der Waals surface area contributed by atoms with E-state index in [1.807, 2.05) is 0 Å². The molecule has 21 heavy (non-hydrogen) atoms. The molecular formula is C19H30N2. The quantitative estimate of drug-likeness (QED) is 0.899. The Morgan fingerprint density at radius 1 is 1.24 bits per heavy atom. The molecule has 3 rings (SSSR count). The normalized spacial score (nSPS) is 22.1. The number of fused-ring (bicyclic) bond motifs is 1. The minimum Gasteiger partial charge on any atom is -0.374 e. The predicted octanol–water partition coefficient (Wildman–Crippen LogP) is 4.13. The van der Waals surface area contributed by atoms with Gasteiger partial charge in [-0.05, 0) is 61.1 Å². The van der Waals surface area contributed by atoms with Crippen LogP contribution in [0, 0.1) is 5.41 Å². The standard InChI is InChI=1S/C19H30N2/c1-19(2)10-8-17(9-11-19)20-14-15-6-7-18-16(13-15)5-4-12-21(18)3/h6-7,13,17,20H,4-5,8-12,14H2,1-3H3. The maximum absolute atomic E-state index is 3.78. The lowest BCUT2D eigenvalue weighted by Crippen LogP contribution is -2.35. The number of hydrogen-bond acceptors (Lipinski definition) is 2. The molecule has 1 N–H and O–H groups in total. The number of nitrogens with one attached hydrogen (secondary N) is 1. The van der Waals surface area contributed by atoms with Crippen molar-refractivity contribution in [3.8, 4) is 0 Å². The number of rotatable bonds is 3. The minimum atomic E-state index is 0.564. The molecule has 0 saturated heterocycles. The van der Waals surface area contributed by atoms with E-state index in [2.05, 4.69) is 49.3 Å². The Morgan fingerprint density at radius 2 is 2.00 bits per heavy atom. The maximum atomic E-state index is 3.78. The summed E-state index contributed by atoms with van der Waals surface area (Å²) in [6.07, 6.45) is 7.92. The zero-order chi connectivity index (χ0) is 14.9. The van der Waals surface area contributed by atoms with Crippen molar-refractivity contribution in [1.82, 2.24) is 5.32 Å². The number of benzene rings is 1. The summed E-state index contributed by atoms with van der Waals surface area (Å²) in [4.78, 5) is 2.39. The van der Waals surface area contributed by atoms with Gasteiger partial charge in [0.2, 0.25) is 0 Å². The molecule has 1 heterocycles. The number of hydrogen-bond donors (Lipinski definition) is 1. The minimum absolute atomic E-state index is 0.564. The van der Waals surface area contributed by atoms with Crippen molar-refractivity contribution in [2.45, 2.75) is 65.0 Å². The van der Waals surface area contributed by atoms with Crippen molar-refractivity contribution < 1.29 is 0 Å². The second-order valence-electron chi connectivity index (χ2n) is 7.81. The molecular weight excluding hydrogens is 256 g/mol. The van der Waals surface area contributed by atoms with Gasteiger partial charge in [0, 0.05) is 31.9 Å². The molecule has 0 unspecified atom stereocenters. The summed E-state index contributed by atoms with van der Waals surface area (Å²) in [5.41, 5.74) is 4.99. The molecule has 1 aromatic rings. The molecule has 0 atom stereocenters. The fourth-order valence-electron chi connectivity index (χ4n) is 3.81. The molecule has 0 bridgehead atoms. The Bertz CT molecular complexity index is 482. The molecule has 0 aromatic heterocycles. The van der Waals surface area contributed by atoms with Gasteiger partial charge < -0.3 is 10.2 Å². The highest BCUT2D eigenvalue weighted by Crippen LogP contribution is 2.35. The second-order valence-corrected chi connectivity index (χ2v) is 7.81. The van der Waals surface area contributed by atoms with Crippen LogP contribution in [0.25, 0.3) is 0 Å². The maximum Gasteiger partial charge on any atom is 0.0396 e. The summed E-state index contributed by atoms with van der Waals surface area (Å²) < 4.78 is 0. The molecule has 0 radical (unpaired) electrons. The van der Waals surface area contributed by atoms with Gasteiger partial charge in [-0.1, -0.05) is 26.0 Å². The summed E-state index contributed by atoms with van der Waals surface area (Å²) in [5, 5.41) is 3.78.